The summed E-state index contributed by atoms with van der Waals surface area (Å²) in [7, 11) is 0. The van der Waals surface area contributed by atoms with Gasteiger partial charge in [0.1, 0.15) is 0 Å². The van der Waals surface area contributed by atoms with E-state index in [2.05, 4.69) is 76.6 Å². The number of nitro groups is 1. The summed E-state index contributed by atoms with van der Waals surface area (Å²) < 4.78 is 1.10. The van der Waals surface area contributed by atoms with Crippen LogP contribution in [0.2, 0.25) is 0 Å². The second-order valence-corrected chi connectivity index (χ2v) is 9.25. The predicted molar refractivity (Wildman–Crippen MR) is 126 cm³/mol. The first-order chi connectivity index (χ1) is 15.1. The molecule has 150 valence electrons. The topological polar surface area (TPSA) is 43.1 Å². The summed E-state index contributed by atoms with van der Waals surface area (Å²) in [4.78, 5) is 11.2. The highest BCUT2D eigenvalue weighted by molar-refractivity contribution is 9.10. The van der Waals surface area contributed by atoms with Crippen LogP contribution in [0.5, 0.6) is 0 Å². The lowest BCUT2D eigenvalue weighted by atomic mass is 9.64. The fourth-order valence-corrected chi connectivity index (χ4v) is 6.04. The molecule has 4 heteroatoms. The minimum Gasteiger partial charge on any atom is -0.258 e. The van der Waals surface area contributed by atoms with Gasteiger partial charge in [-0.25, -0.2) is 0 Å². The van der Waals surface area contributed by atoms with Crippen LogP contribution in [-0.2, 0) is 18.3 Å². The highest BCUT2D eigenvalue weighted by atomic mass is 79.9. The molecule has 0 aromatic heterocycles. The van der Waals surface area contributed by atoms with Crippen LogP contribution in [0.4, 0.5) is 5.69 Å². The first-order valence-corrected chi connectivity index (χ1v) is 11.1. The SMILES string of the molecule is O=[N+]([O-])c1ccc2c(c1)CC1(Cc3ccccc3Br)c3ccccc3-c3cccc-2c31. The Bertz CT molecular complexity index is 1390. The standard InChI is InChI=1S/C27H18BrNO2/c28-25-11-4-1-6-17(25)15-27-16-18-14-19(29(30)31)12-13-20(18)22-8-5-9-23(26(22)27)21-7-2-3-10-24(21)27/h1-14H,15-16H2. The molecule has 2 aliphatic rings. The number of nitrogens with zero attached hydrogens (tertiary/aromatic N) is 1. The molecule has 0 fully saturated rings. The molecule has 31 heavy (non-hydrogen) atoms. The molecule has 4 aromatic rings. The average Bonchev–Trinajstić information content (AvgIpc) is 3.06. The lowest BCUT2D eigenvalue weighted by molar-refractivity contribution is -0.384. The van der Waals surface area contributed by atoms with Crippen LogP contribution >= 0.6 is 15.9 Å². The molecular weight excluding hydrogens is 450 g/mol. The fraction of sp³-hybridized carbons (Fsp3) is 0.111. The lowest BCUT2D eigenvalue weighted by Gasteiger charge is -2.38. The first-order valence-electron chi connectivity index (χ1n) is 10.3. The van der Waals surface area contributed by atoms with E-state index in [1.807, 2.05) is 12.1 Å². The lowest BCUT2D eigenvalue weighted by Crippen LogP contribution is -2.34. The van der Waals surface area contributed by atoms with Gasteiger partial charge in [-0.2, -0.15) is 0 Å². The molecule has 3 nitrogen and oxygen atoms in total. The molecule has 0 radical (unpaired) electrons. The molecule has 0 spiro atoms. The number of halogens is 1. The Labute approximate surface area is 188 Å². The molecule has 0 amide bonds. The molecule has 0 bridgehead atoms. The Morgan fingerprint density at radius 2 is 1.55 bits per heavy atom. The van der Waals surface area contributed by atoms with Crippen molar-refractivity contribution in [2.45, 2.75) is 18.3 Å². The third kappa shape index (κ3) is 2.58. The second-order valence-electron chi connectivity index (χ2n) is 8.40. The summed E-state index contributed by atoms with van der Waals surface area (Å²) in [5.41, 5.74) is 9.71. The molecule has 1 unspecified atom stereocenters. The number of non-ortho nitro benzene ring substituents is 1. The van der Waals surface area contributed by atoms with E-state index in [1.54, 1.807) is 12.1 Å². The number of nitro benzene ring substituents is 1. The molecule has 0 N–H and O–H groups in total. The van der Waals surface area contributed by atoms with Crippen molar-refractivity contribution in [2.24, 2.45) is 0 Å². The molecule has 0 saturated carbocycles. The van der Waals surface area contributed by atoms with Gasteiger partial charge in [-0.3, -0.25) is 10.1 Å². The minimum absolute atomic E-state index is 0.153. The third-order valence-electron chi connectivity index (χ3n) is 6.81. The molecule has 1 atom stereocenters. The van der Waals surface area contributed by atoms with Gasteiger partial charge in [-0.1, -0.05) is 76.6 Å². The van der Waals surface area contributed by atoms with Crippen LogP contribution in [0.15, 0.2) is 89.4 Å². The predicted octanol–water partition coefficient (Wildman–Crippen LogP) is 7.09. The number of fused-ring (bicyclic) bond motifs is 5. The Morgan fingerprint density at radius 1 is 0.839 bits per heavy atom. The van der Waals surface area contributed by atoms with Crippen LogP contribution in [0.25, 0.3) is 22.3 Å². The van der Waals surface area contributed by atoms with Gasteiger partial charge < -0.3 is 0 Å². The zero-order chi connectivity index (χ0) is 21.2. The van der Waals surface area contributed by atoms with Crippen molar-refractivity contribution in [1.29, 1.82) is 0 Å². The second kappa shape index (κ2) is 6.63. The zero-order valence-electron chi connectivity index (χ0n) is 16.6. The summed E-state index contributed by atoms with van der Waals surface area (Å²) in [5.74, 6) is 0. The van der Waals surface area contributed by atoms with E-state index in [9.17, 15) is 10.1 Å². The van der Waals surface area contributed by atoms with Crippen molar-refractivity contribution in [3.63, 3.8) is 0 Å². The summed E-state index contributed by atoms with van der Waals surface area (Å²) in [6.45, 7) is 0. The van der Waals surface area contributed by atoms with Crippen LogP contribution in [-0.4, -0.2) is 4.92 Å². The van der Waals surface area contributed by atoms with Crippen LogP contribution in [0.1, 0.15) is 22.3 Å². The van der Waals surface area contributed by atoms with Gasteiger partial charge >= 0.3 is 0 Å². The van der Waals surface area contributed by atoms with Crippen molar-refractivity contribution in [1.82, 2.24) is 0 Å². The Balaban J connectivity index is 1.67. The molecule has 0 saturated heterocycles. The van der Waals surface area contributed by atoms with Gasteiger partial charge in [0.25, 0.3) is 5.69 Å². The molecule has 6 rings (SSSR count). The van der Waals surface area contributed by atoms with E-state index in [0.717, 1.165) is 28.4 Å². The molecule has 0 aliphatic heterocycles. The number of hydrogen-bond donors (Lipinski definition) is 0. The van der Waals surface area contributed by atoms with E-state index in [-0.39, 0.29) is 16.0 Å². The highest BCUT2D eigenvalue weighted by Gasteiger charge is 2.47. The van der Waals surface area contributed by atoms with Gasteiger partial charge in [-0.05, 0) is 69.5 Å². The molecule has 2 aliphatic carbocycles. The average molecular weight is 468 g/mol. The smallest absolute Gasteiger partial charge is 0.258 e. The van der Waals surface area contributed by atoms with Crippen molar-refractivity contribution in [3.8, 4) is 22.3 Å². The van der Waals surface area contributed by atoms with E-state index in [0.29, 0.717) is 0 Å². The minimum atomic E-state index is -0.296. The van der Waals surface area contributed by atoms with Crippen molar-refractivity contribution in [3.05, 3.63) is 122 Å². The van der Waals surface area contributed by atoms with Crippen LogP contribution in [0.3, 0.4) is 0 Å². The van der Waals surface area contributed by atoms with Crippen LogP contribution < -0.4 is 0 Å². The molecule has 4 aromatic carbocycles. The monoisotopic (exact) mass is 467 g/mol. The number of benzene rings is 4. The summed E-state index contributed by atoms with van der Waals surface area (Å²) >= 11 is 3.75. The Morgan fingerprint density at radius 3 is 2.35 bits per heavy atom. The Kier molecular flexibility index (Phi) is 3.96. The highest BCUT2D eigenvalue weighted by Crippen LogP contribution is 2.58. The maximum atomic E-state index is 11.5. The first kappa shape index (κ1) is 18.5. The van der Waals surface area contributed by atoms with E-state index in [1.165, 1.54) is 33.4 Å². The van der Waals surface area contributed by atoms with Gasteiger partial charge in [0, 0.05) is 22.0 Å². The number of rotatable bonds is 3. The summed E-state index contributed by atoms with van der Waals surface area (Å²) in [5, 5.41) is 11.5. The largest absolute Gasteiger partial charge is 0.269 e. The van der Waals surface area contributed by atoms with Gasteiger partial charge in [-0.15, -0.1) is 0 Å². The maximum absolute atomic E-state index is 11.5. The fourth-order valence-electron chi connectivity index (χ4n) is 5.61. The normalized spacial score (nSPS) is 17.6. The quantitative estimate of drug-likeness (QED) is 0.238. The van der Waals surface area contributed by atoms with Gasteiger partial charge in [0.15, 0.2) is 0 Å². The van der Waals surface area contributed by atoms with Gasteiger partial charge in [0.2, 0.25) is 0 Å². The maximum Gasteiger partial charge on any atom is 0.269 e. The zero-order valence-corrected chi connectivity index (χ0v) is 18.2. The molecule has 0 heterocycles. The van der Waals surface area contributed by atoms with Crippen molar-refractivity contribution >= 4 is 21.6 Å². The van der Waals surface area contributed by atoms with E-state index < -0.39 is 0 Å². The van der Waals surface area contributed by atoms with Crippen molar-refractivity contribution < 1.29 is 4.92 Å². The Hall–Kier alpha value is -3.24. The van der Waals surface area contributed by atoms with Gasteiger partial charge in [0.05, 0.1) is 4.92 Å². The third-order valence-corrected chi connectivity index (χ3v) is 7.58. The summed E-state index contributed by atoms with van der Waals surface area (Å²) in [6.07, 6.45) is 1.57. The van der Waals surface area contributed by atoms with Crippen molar-refractivity contribution in [2.75, 3.05) is 0 Å². The summed E-state index contributed by atoms with van der Waals surface area (Å²) in [6, 6.07) is 28.8. The number of hydrogen-bond acceptors (Lipinski definition) is 2. The van der Waals surface area contributed by atoms with E-state index in [4.69, 9.17) is 0 Å². The molecular formula is C27H18BrNO2. The van der Waals surface area contributed by atoms with E-state index >= 15 is 0 Å². The van der Waals surface area contributed by atoms with Crippen LogP contribution in [0, 0.1) is 10.1 Å².